The first-order chi connectivity index (χ1) is 9.15. The van der Waals surface area contributed by atoms with Gasteiger partial charge in [0.2, 0.25) is 0 Å². The smallest absolute Gasteiger partial charge is 0.336 e. The molecule has 0 saturated carbocycles. The minimum atomic E-state index is -0.847. The largest absolute Gasteiger partial charge is 0.478 e. The van der Waals surface area contributed by atoms with E-state index in [0.717, 1.165) is 22.1 Å². The summed E-state index contributed by atoms with van der Waals surface area (Å²) in [7, 11) is 3.48. The molecule has 2 aromatic rings. The first-order valence-corrected chi connectivity index (χ1v) is 8.56. The summed E-state index contributed by atoms with van der Waals surface area (Å²) in [6, 6.07) is 11.6. The summed E-state index contributed by atoms with van der Waals surface area (Å²) < 4.78 is 0. The van der Waals surface area contributed by atoms with Gasteiger partial charge in [0.25, 0.3) is 0 Å². The molecule has 2 rings (SSSR count). The van der Waals surface area contributed by atoms with Gasteiger partial charge in [-0.25, -0.2) is 4.79 Å². The minimum Gasteiger partial charge on any atom is -0.478 e. The standard InChI is InChI=1S/C15H16O2S2/c1-3-18-19-10(2)12-9-8-11-6-4-5-7-13(11)14(12)15(16)17/h4-10H,3H2,1-2H3,(H,16,17). The van der Waals surface area contributed by atoms with E-state index in [1.807, 2.05) is 36.4 Å². The Morgan fingerprint density at radius 2 is 2.00 bits per heavy atom. The van der Waals surface area contributed by atoms with Crippen molar-refractivity contribution in [3.05, 3.63) is 47.5 Å². The Balaban J connectivity index is 2.54. The van der Waals surface area contributed by atoms with Crippen LogP contribution in [0.25, 0.3) is 10.8 Å². The summed E-state index contributed by atoms with van der Waals surface area (Å²) in [5.41, 5.74) is 1.34. The second-order valence-corrected chi connectivity index (χ2v) is 7.20. The third-order valence-electron chi connectivity index (χ3n) is 2.94. The molecule has 1 unspecified atom stereocenters. The van der Waals surface area contributed by atoms with Crippen molar-refractivity contribution in [2.45, 2.75) is 19.1 Å². The Kier molecular flexibility index (Phi) is 4.77. The lowest BCUT2D eigenvalue weighted by molar-refractivity contribution is 0.0698. The molecule has 0 bridgehead atoms. The van der Waals surface area contributed by atoms with Gasteiger partial charge in [-0.1, -0.05) is 64.9 Å². The van der Waals surface area contributed by atoms with Crippen LogP contribution in [0.15, 0.2) is 36.4 Å². The molecule has 0 aliphatic heterocycles. The predicted molar refractivity (Wildman–Crippen MR) is 85.0 cm³/mol. The number of aromatic carboxylic acids is 1. The van der Waals surface area contributed by atoms with Crippen molar-refractivity contribution in [1.29, 1.82) is 0 Å². The highest BCUT2D eigenvalue weighted by atomic mass is 33.1. The summed E-state index contributed by atoms with van der Waals surface area (Å²) in [6.45, 7) is 4.16. The number of carboxylic acids is 1. The highest BCUT2D eigenvalue weighted by molar-refractivity contribution is 8.76. The van der Waals surface area contributed by atoms with Crippen molar-refractivity contribution >= 4 is 38.3 Å². The van der Waals surface area contributed by atoms with E-state index in [1.165, 1.54) is 0 Å². The van der Waals surface area contributed by atoms with Gasteiger partial charge in [-0.05, 0) is 23.3 Å². The van der Waals surface area contributed by atoms with Gasteiger partial charge in [-0.2, -0.15) is 0 Å². The van der Waals surface area contributed by atoms with Gasteiger partial charge in [0, 0.05) is 11.0 Å². The average molecular weight is 292 g/mol. The SMILES string of the molecule is CCSSC(C)c1ccc2ccccc2c1C(=O)O. The molecule has 0 aliphatic carbocycles. The monoisotopic (exact) mass is 292 g/mol. The second kappa shape index (κ2) is 6.35. The van der Waals surface area contributed by atoms with Crippen LogP contribution in [0.1, 0.15) is 35.0 Å². The van der Waals surface area contributed by atoms with Crippen LogP contribution < -0.4 is 0 Å². The summed E-state index contributed by atoms with van der Waals surface area (Å²) in [6.07, 6.45) is 0. The van der Waals surface area contributed by atoms with Gasteiger partial charge in [0.15, 0.2) is 0 Å². The molecular weight excluding hydrogens is 276 g/mol. The van der Waals surface area contributed by atoms with E-state index in [0.29, 0.717) is 5.56 Å². The minimum absolute atomic E-state index is 0.167. The number of carbonyl (C=O) groups is 1. The summed E-state index contributed by atoms with van der Waals surface area (Å²) in [5, 5.41) is 11.5. The zero-order valence-electron chi connectivity index (χ0n) is 10.9. The Morgan fingerprint density at radius 1 is 1.26 bits per heavy atom. The molecule has 0 saturated heterocycles. The van der Waals surface area contributed by atoms with E-state index in [2.05, 4.69) is 13.8 Å². The molecule has 4 heteroatoms. The van der Waals surface area contributed by atoms with Gasteiger partial charge in [-0.3, -0.25) is 0 Å². The zero-order chi connectivity index (χ0) is 13.8. The van der Waals surface area contributed by atoms with E-state index < -0.39 is 5.97 Å². The molecule has 19 heavy (non-hydrogen) atoms. The van der Waals surface area contributed by atoms with Crippen LogP contribution in [-0.2, 0) is 0 Å². The molecular formula is C15H16O2S2. The average Bonchev–Trinajstić information content (AvgIpc) is 2.43. The van der Waals surface area contributed by atoms with Crippen LogP contribution >= 0.6 is 21.6 Å². The normalized spacial score (nSPS) is 12.5. The molecule has 0 fully saturated rings. The topological polar surface area (TPSA) is 37.3 Å². The van der Waals surface area contributed by atoms with E-state index in [-0.39, 0.29) is 5.25 Å². The number of carboxylic acid groups (broad SMARTS) is 1. The Hall–Kier alpha value is -1.13. The number of hydrogen-bond donors (Lipinski definition) is 1. The third-order valence-corrected chi connectivity index (χ3v) is 5.84. The van der Waals surface area contributed by atoms with Crippen molar-refractivity contribution in [3.63, 3.8) is 0 Å². The van der Waals surface area contributed by atoms with E-state index >= 15 is 0 Å². The number of fused-ring (bicyclic) bond motifs is 1. The summed E-state index contributed by atoms with van der Waals surface area (Å²) in [4.78, 5) is 11.6. The Labute approximate surface area is 121 Å². The van der Waals surface area contributed by atoms with Gasteiger partial charge in [-0.15, -0.1) is 0 Å². The fourth-order valence-corrected chi connectivity index (χ4v) is 4.06. The van der Waals surface area contributed by atoms with Crippen LogP contribution in [0.2, 0.25) is 0 Å². The lowest BCUT2D eigenvalue weighted by Gasteiger charge is -2.15. The quantitative estimate of drug-likeness (QED) is 0.787. The van der Waals surface area contributed by atoms with Crippen LogP contribution in [0.3, 0.4) is 0 Å². The maximum absolute atomic E-state index is 11.6. The molecule has 100 valence electrons. The molecule has 2 nitrogen and oxygen atoms in total. The first-order valence-electron chi connectivity index (χ1n) is 6.18. The molecule has 1 N–H and O–H groups in total. The highest BCUT2D eigenvalue weighted by Crippen LogP contribution is 2.40. The first kappa shape index (κ1) is 14.3. The molecule has 0 spiro atoms. The van der Waals surface area contributed by atoms with Gasteiger partial charge in [0.05, 0.1) is 5.56 Å². The molecule has 1 atom stereocenters. The highest BCUT2D eigenvalue weighted by Gasteiger charge is 2.18. The third kappa shape index (κ3) is 3.07. The second-order valence-electron chi connectivity index (χ2n) is 4.20. The lowest BCUT2D eigenvalue weighted by atomic mass is 9.97. The molecule has 2 aromatic carbocycles. The number of rotatable bonds is 5. The van der Waals surface area contributed by atoms with E-state index in [4.69, 9.17) is 0 Å². The van der Waals surface area contributed by atoms with Crippen molar-refractivity contribution in [2.75, 3.05) is 5.75 Å². The van der Waals surface area contributed by atoms with Crippen LogP contribution in [-0.4, -0.2) is 16.8 Å². The molecule has 0 heterocycles. The molecule has 0 aliphatic rings. The zero-order valence-corrected chi connectivity index (χ0v) is 12.6. The van der Waals surface area contributed by atoms with Crippen molar-refractivity contribution in [3.8, 4) is 0 Å². The number of hydrogen-bond acceptors (Lipinski definition) is 3. The summed E-state index contributed by atoms with van der Waals surface area (Å²) in [5.74, 6) is 0.172. The van der Waals surface area contributed by atoms with Crippen LogP contribution in [0.5, 0.6) is 0 Å². The van der Waals surface area contributed by atoms with Crippen molar-refractivity contribution in [1.82, 2.24) is 0 Å². The van der Waals surface area contributed by atoms with Crippen LogP contribution in [0, 0.1) is 0 Å². The van der Waals surface area contributed by atoms with E-state index in [9.17, 15) is 9.90 Å². The van der Waals surface area contributed by atoms with Crippen LogP contribution in [0.4, 0.5) is 0 Å². The maximum atomic E-state index is 11.6. The number of benzene rings is 2. The Bertz CT molecular complexity index is 596. The molecule has 0 aromatic heterocycles. The fourth-order valence-electron chi connectivity index (χ4n) is 2.09. The van der Waals surface area contributed by atoms with Crippen molar-refractivity contribution < 1.29 is 9.90 Å². The van der Waals surface area contributed by atoms with Gasteiger partial charge >= 0.3 is 5.97 Å². The molecule has 0 radical (unpaired) electrons. The van der Waals surface area contributed by atoms with Crippen molar-refractivity contribution in [2.24, 2.45) is 0 Å². The van der Waals surface area contributed by atoms with E-state index in [1.54, 1.807) is 21.6 Å². The fraction of sp³-hybridized carbons (Fsp3) is 0.267. The van der Waals surface area contributed by atoms with Gasteiger partial charge in [0.1, 0.15) is 0 Å². The Morgan fingerprint density at radius 3 is 2.68 bits per heavy atom. The lowest BCUT2D eigenvalue weighted by Crippen LogP contribution is -2.04. The summed E-state index contributed by atoms with van der Waals surface area (Å²) >= 11 is 0. The van der Waals surface area contributed by atoms with Gasteiger partial charge < -0.3 is 5.11 Å². The predicted octanol–water partition coefficient (Wildman–Crippen LogP) is 5.00. The molecule has 0 amide bonds. The maximum Gasteiger partial charge on any atom is 0.336 e.